The SMILES string of the molecule is CC1CCCCCC(CC2CCCCCCC2)C1. The first kappa shape index (κ1) is 14.4. The van der Waals surface area contributed by atoms with Crippen LogP contribution in [-0.2, 0) is 0 Å². The second-order valence-electron chi connectivity index (χ2n) is 7.29. The molecule has 2 rings (SSSR count). The molecule has 0 amide bonds. The summed E-state index contributed by atoms with van der Waals surface area (Å²) in [7, 11) is 0. The maximum absolute atomic E-state index is 2.50. The van der Waals surface area contributed by atoms with E-state index in [1.807, 2.05) is 0 Å². The van der Waals surface area contributed by atoms with Gasteiger partial charge in [0.2, 0.25) is 0 Å². The molecule has 0 bridgehead atoms. The minimum absolute atomic E-state index is 1.00. The van der Waals surface area contributed by atoms with Gasteiger partial charge in [0, 0.05) is 0 Å². The molecular formula is C18H34. The lowest BCUT2D eigenvalue weighted by atomic mass is 9.77. The molecule has 0 aromatic carbocycles. The zero-order valence-corrected chi connectivity index (χ0v) is 12.6. The van der Waals surface area contributed by atoms with Crippen LogP contribution < -0.4 is 0 Å². The Morgan fingerprint density at radius 2 is 1.11 bits per heavy atom. The first-order valence-electron chi connectivity index (χ1n) is 8.84. The third kappa shape index (κ3) is 5.33. The van der Waals surface area contributed by atoms with Crippen molar-refractivity contribution >= 4 is 0 Å². The van der Waals surface area contributed by atoms with Gasteiger partial charge in [-0.25, -0.2) is 0 Å². The van der Waals surface area contributed by atoms with Gasteiger partial charge in [0.25, 0.3) is 0 Å². The maximum atomic E-state index is 2.50. The van der Waals surface area contributed by atoms with Crippen molar-refractivity contribution in [2.75, 3.05) is 0 Å². The van der Waals surface area contributed by atoms with E-state index in [1.165, 1.54) is 64.2 Å². The van der Waals surface area contributed by atoms with E-state index in [-0.39, 0.29) is 0 Å². The maximum Gasteiger partial charge on any atom is -0.0409 e. The predicted molar refractivity (Wildman–Crippen MR) is 80.8 cm³/mol. The normalized spacial score (nSPS) is 33.2. The van der Waals surface area contributed by atoms with Gasteiger partial charge < -0.3 is 0 Å². The lowest BCUT2D eigenvalue weighted by Crippen LogP contribution is -2.15. The molecule has 2 aliphatic carbocycles. The molecule has 0 aliphatic heterocycles. The van der Waals surface area contributed by atoms with Gasteiger partial charge in [-0.05, 0) is 30.6 Å². The van der Waals surface area contributed by atoms with Gasteiger partial charge in [-0.2, -0.15) is 0 Å². The van der Waals surface area contributed by atoms with Crippen molar-refractivity contribution in [1.82, 2.24) is 0 Å². The molecule has 2 fully saturated rings. The van der Waals surface area contributed by atoms with Crippen LogP contribution in [0.5, 0.6) is 0 Å². The standard InChI is InChI=1S/C18H34/c1-16-10-6-5-9-13-18(14-16)15-17-11-7-3-2-4-8-12-17/h16-18H,2-15H2,1H3. The second kappa shape index (κ2) is 8.23. The van der Waals surface area contributed by atoms with Crippen LogP contribution in [-0.4, -0.2) is 0 Å². The van der Waals surface area contributed by atoms with E-state index in [2.05, 4.69) is 6.92 Å². The Kier molecular flexibility index (Phi) is 6.59. The predicted octanol–water partition coefficient (Wildman–Crippen LogP) is 6.34. The topological polar surface area (TPSA) is 0 Å². The molecule has 0 nitrogen and oxygen atoms in total. The van der Waals surface area contributed by atoms with Crippen molar-refractivity contribution in [3.63, 3.8) is 0 Å². The van der Waals surface area contributed by atoms with Crippen molar-refractivity contribution in [2.45, 2.75) is 96.8 Å². The lowest BCUT2D eigenvalue weighted by molar-refractivity contribution is 0.239. The third-order valence-corrected chi connectivity index (χ3v) is 5.44. The van der Waals surface area contributed by atoms with Gasteiger partial charge >= 0.3 is 0 Å². The van der Waals surface area contributed by atoms with Crippen LogP contribution in [0.15, 0.2) is 0 Å². The Hall–Kier alpha value is 0. The van der Waals surface area contributed by atoms with Gasteiger partial charge in [0.1, 0.15) is 0 Å². The minimum Gasteiger partial charge on any atom is -0.0625 e. The average molecular weight is 250 g/mol. The monoisotopic (exact) mass is 250 g/mol. The smallest absolute Gasteiger partial charge is 0.0409 e. The van der Waals surface area contributed by atoms with Crippen LogP contribution in [0.1, 0.15) is 96.8 Å². The number of hydrogen-bond donors (Lipinski definition) is 0. The summed E-state index contributed by atoms with van der Waals surface area (Å²) < 4.78 is 0. The first-order valence-corrected chi connectivity index (χ1v) is 8.84. The highest BCUT2D eigenvalue weighted by molar-refractivity contribution is 4.73. The molecule has 0 radical (unpaired) electrons. The zero-order chi connectivity index (χ0) is 12.6. The molecule has 0 heteroatoms. The van der Waals surface area contributed by atoms with Crippen molar-refractivity contribution in [2.24, 2.45) is 17.8 Å². The highest BCUT2D eigenvalue weighted by atomic mass is 14.3. The first-order chi connectivity index (χ1) is 8.84. The van der Waals surface area contributed by atoms with E-state index in [1.54, 1.807) is 25.7 Å². The number of rotatable bonds is 2. The molecule has 0 heterocycles. The van der Waals surface area contributed by atoms with Gasteiger partial charge in [-0.1, -0.05) is 84.0 Å². The lowest BCUT2D eigenvalue weighted by Gasteiger charge is -2.28. The summed E-state index contributed by atoms with van der Waals surface area (Å²) in [6.45, 7) is 2.50. The third-order valence-electron chi connectivity index (χ3n) is 5.44. The minimum atomic E-state index is 1.00. The average Bonchev–Trinajstić information content (AvgIpc) is 2.28. The van der Waals surface area contributed by atoms with Crippen molar-refractivity contribution < 1.29 is 0 Å². The number of hydrogen-bond acceptors (Lipinski definition) is 0. The summed E-state index contributed by atoms with van der Waals surface area (Å²) in [4.78, 5) is 0. The summed E-state index contributed by atoms with van der Waals surface area (Å²) in [6.07, 6.45) is 21.3. The summed E-state index contributed by atoms with van der Waals surface area (Å²) in [6, 6.07) is 0. The van der Waals surface area contributed by atoms with Gasteiger partial charge in [-0.3, -0.25) is 0 Å². The highest BCUT2D eigenvalue weighted by Crippen LogP contribution is 2.34. The zero-order valence-electron chi connectivity index (χ0n) is 12.6. The Labute approximate surface area is 115 Å². The fourth-order valence-corrected chi connectivity index (χ4v) is 4.37. The van der Waals surface area contributed by atoms with E-state index in [4.69, 9.17) is 0 Å². The van der Waals surface area contributed by atoms with Crippen LogP contribution in [0, 0.1) is 17.8 Å². The Morgan fingerprint density at radius 1 is 0.611 bits per heavy atom. The van der Waals surface area contributed by atoms with Crippen molar-refractivity contribution in [1.29, 1.82) is 0 Å². The van der Waals surface area contributed by atoms with Crippen LogP contribution in [0.2, 0.25) is 0 Å². The van der Waals surface area contributed by atoms with E-state index < -0.39 is 0 Å². The Morgan fingerprint density at radius 3 is 1.83 bits per heavy atom. The van der Waals surface area contributed by atoms with Crippen molar-refractivity contribution in [3.05, 3.63) is 0 Å². The fourth-order valence-electron chi connectivity index (χ4n) is 4.37. The molecule has 2 aliphatic rings. The van der Waals surface area contributed by atoms with Gasteiger partial charge in [0.15, 0.2) is 0 Å². The fraction of sp³-hybridized carbons (Fsp3) is 1.00. The van der Waals surface area contributed by atoms with Crippen LogP contribution in [0.3, 0.4) is 0 Å². The van der Waals surface area contributed by atoms with Gasteiger partial charge in [0.05, 0.1) is 0 Å². The Bertz CT molecular complexity index is 200. The molecule has 0 saturated heterocycles. The summed E-state index contributed by atoms with van der Waals surface area (Å²) in [5, 5.41) is 0. The van der Waals surface area contributed by atoms with Crippen LogP contribution >= 0.6 is 0 Å². The Balaban J connectivity index is 1.77. The molecule has 18 heavy (non-hydrogen) atoms. The molecular weight excluding hydrogens is 216 g/mol. The second-order valence-corrected chi connectivity index (χ2v) is 7.29. The quantitative estimate of drug-likeness (QED) is 0.536. The molecule has 0 N–H and O–H groups in total. The molecule has 2 unspecified atom stereocenters. The van der Waals surface area contributed by atoms with E-state index in [0.29, 0.717) is 0 Å². The largest absolute Gasteiger partial charge is 0.0625 e. The van der Waals surface area contributed by atoms with E-state index in [0.717, 1.165) is 17.8 Å². The van der Waals surface area contributed by atoms with Gasteiger partial charge in [-0.15, -0.1) is 0 Å². The van der Waals surface area contributed by atoms with Crippen LogP contribution in [0.4, 0.5) is 0 Å². The molecule has 2 saturated carbocycles. The molecule has 2 atom stereocenters. The van der Waals surface area contributed by atoms with E-state index >= 15 is 0 Å². The molecule has 0 aromatic rings. The van der Waals surface area contributed by atoms with Crippen molar-refractivity contribution in [3.8, 4) is 0 Å². The van der Waals surface area contributed by atoms with E-state index in [9.17, 15) is 0 Å². The molecule has 0 spiro atoms. The highest BCUT2D eigenvalue weighted by Gasteiger charge is 2.20. The summed E-state index contributed by atoms with van der Waals surface area (Å²) >= 11 is 0. The molecule has 106 valence electrons. The molecule has 0 aromatic heterocycles. The summed E-state index contributed by atoms with van der Waals surface area (Å²) in [5.74, 6) is 3.16. The van der Waals surface area contributed by atoms with Crippen LogP contribution in [0.25, 0.3) is 0 Å². The summed E-state index contributed by atoms with van der Waals surface area (Å²) in [5.41, 5.74) is 0.